The highest BCUT2D eigenvalue weighted by molar-refractivity contribution is 5.81. The number of hydrogen-bond donors (Lipinski definition) is 2. The Morgan fingerprint density at radius 1 is 1.40 bits per heavy atom. The average Bonchev–Trinajstić information content (AvgIpc) is 2.16. The number of carbonyl (C=O) groups is 1. The van der Waals surface area contributed by atoms with Crippen molar-refractivity contribution in [2.75, 3.05) is 7.11 Å². The van der Waals surface area contributed by atoms with Crippen LogP contribution in [0.4, 0.5) is 0 Å². The first-order valence-electron chi connectivity index (χ1n) is 4.50. The predicted octanol–water partition coefficient (Wildman–Crippen LogP) is 1.76. The van der Waals surface area contributed by atoms with Crippen molar-refractivity contribution < 1.29 is 19.7 Å². The molecule has 0 spiro atoms. The molecule has 0 aromatic heterocycles. The summed E-state index contributed by atoms with van der Waals surface area (Å²) >= 11 is 0. The Morgan fingerprint density at radius 2 is 2.00 bits per heavy atom. The summed E-state index contributed by atoms with van der Waals surface area (Å²) in [4.78, 5) is 11.0. The second-order valence-corrected chi connectivity index (χ2v) is 3.81. The SMILES string of the molecule is COc1ccc(C(C)(C)C(=O)O)c(O)c1. The zero-order valence-electron chi connectivity index (χ0n) is 8.94. The van der Waals surface area contributed by atoms with Gasteiger partial charge in [-0.25, -0.2) is 0 Å². The van der Waals surface area contributed by atoms with Crippen LogP contribution in [0.25, 0.3) is 0 Å². The second-order valence-electron chi connectivity index (χ2n) is 3.81. The Bertz CT molecular complexity index is 382. The molecule has 0 heterocycles. The molecule has 1 aromatic carbocycles. The Balaban J connectivity index is 3.22. The molecule has 0 aliphatic rings. The van der Waals surface area contributed by atoms with Gasteiger partial charge in [0.1, 0.15) is 11.5 Å². The van der Waals surface area contributed by atoms with Gasteiger partial charge in [0.2, 0.25) is 0 Å². The number of methoxy groups -OCH3 is 1. The minimum absolute atomic E-state index is 0.0678. The number of carboxylic acid groups (broad SMARTS) is 1. The molecule has 2 N–H and O–H groups in total. The summed E-state index contributed by atoms with van der Waals surface area (Å²) in [7, 11) is 1.48. The van der Waals surface area contributed by atoms with Gasteiger partial charge in [-0.15, -0.1) is 0 Å². The maximum atomic E-state index is 11.0. The summed E-state index contributed by atoms with van der Waals surface area (Å²) in [6.45, 7) is 3.08. The van der Waals surface area contributed by atoms with Gasteiger partial charge in [0.15, 0.2) is 0 Å². The van der Waals surface area contributed by atoms with E-state index in [4.69, 9.17) is 9.84 Å². The van der Waals surface area contributed by atoms with Gasteiger partial charge in [0.25, 0.3) is 0 Å². The fourth-order valence-corrected chi connectivity index (χ4v) is 1.28. The third kappa shape index (κ3) is 2.03. The smallest absolute Gasteiger partial charge is 0.313 e. The first-order valence-corrected chi connectivity index (χ1v) is 4.50. The van der Waals surface area contributed by atoms with Crippen molar-refractivity contribution >= 4 is 5.97 Å². The van der Waals surface area contributed by atoms with Crippen molar-refractivity contribution in [1.29, 1.82) is 0 Å². The van der Waals surface area contributed by atoms with Crippen LogP contribution >= 0.6 is 0 Å². The van der Waals surface area contributed by atoms with Gasteiger partial charge in [0, 0.05) is 11.6 Å². The van der Waals surface area contributed by atoms with E-state index in [1.807, 2.05) is 0 Å². The summed E-state index contributed by atoms with van der Waals surface area (Å²) in [5.74, 6) is -0.554. The van der Waals surface area contributed by atoms with Gasteiger partial charge in [-0.1, -0.05) is 6.07 Å². The normalized spacial score (nSPS) is 11.1. The fraction of sp³-hybridized carbons (Fsp3) is 0.364. The van der Waals surface area contributed by atoms with Crippen LogP contribution < -0.4 is 4.74 Å². The number of phenols is 1. The Hall–Kier alpha value is -1.71. The summed E-state index contributed by atoms with van der Waals surface area (Å²) in [6.07, 6.45) is 0. The maximum Gasteiger partial charge on any atom is 0.313 e. The van der Waals surface area contributed by atoms with Crippen LogP contribution in [0.1, 0.15) is 19.4 Å². The zero-order chi connectivity index (χ0) is 11.6. The van der Waals surface area contributed by atoms with Crippen LogP contribution in [-0.4, -0.2) is 23.3 Å². The van der Waals surface area contributed by atoms with E-state index in [9.17, 15) is 9.90 Å². The third-order valence-corrected chi connectivity index (χ3v) is 2.41. The largest absolute Gasteiger partial charge is 0.507 e. The Kier molecular flexibility index (Phi) is 2.88. The van der Waals surface area contributed by atoms with Gasteiger partial charge < -0.3 is 14.9 Å². The van der Waals surface area contributed by atoms with Crippen molar-refractivity contribution in [3.8, 4) is 11.5 Å². The molecular formula is C11H14O4. The highest BCUT2D eigenvalue weighted by Gasteiger charge is 2.32. The van der Waals surface area contributed by atoms with Gasteiger partial charge in [0.05, 0.1) is 12.5 Å². The minimum Gasteiger partial charge on any atom is -0.507 e. The van der Waals surface area contributed by atoms with Crippen molar-refractivity contribution in [1.82, 2.24) is 0 Å². The lowest BCUT2D eigenvalue weighted by Crippen LogP contribution is -2.28. The third-order valence-electron chi connectivity index (χ3n) is 2.41. The fourth-order valence-electron chi connectivity index (χ4n) is 1.28. The van der Waals surface area contributed by atoms with Crippen LogP contribution in [0.2, 0.25) is 0 Å². The molecule has 0 amide bonds. The van der Waals surface area contributed by atoms with Gasteiger partial charge in [-0.2, -0.15) is 0 Å². The molecule has 0 saturated carbocycles. The quantitative estimate of drug-likeness (QED) is 0.797. The number of aliphatic carboxylic acids is 1. The molecule has 0 saturated heterocycles. The standard InChI is InChI=1S/C11H14O4/c1-11(2,10(13)14)8-5-4-7(15-3)6-9(8)12/h4-6,12H,1-3H3,(H,13,14). The molecule has 0 fully saturated rings. The van der Waals surface area contributed by atoms with Crippen LogP contribution in [-0.2, 0) is 10.2 Å². The maximum absolute atomic E-state index is 11.0. The lowest BCUT2D eigenvalue weighted by Gasteiger charge is -2.21. The number of hydrogen-bond acceptors (Lipinski definition) is 3. The highest BCUT2D eigenvalue weighted by Crippen LogP contribution is 2.33. The van der Waals surface area contributed by atoms with Crippen molar-refractivity contribution in [3.63, 3.8) is 0 Å². The van der Waals surface area contributed by atoms with E-state index in [0.717, 1.165) is 0 Å². The monoisotopic (exact) mass is 210 g/mol. The molecule has 0 unspecified atom stereocenters. The number of carboxylic acids is 1. The van der Waals surface area contributed by atoms with E-state index in [0.29, 0.717) is 11.3 Å². The number of phenolic OH excluding ortho intramolecular Hbond substituents is 1. The Labute approximate surface area is 88.1 Å². The topological polar surface area (TPSA) is 66.8 Å². The van der Waals surface area contributed by atoms with E-state index in [2.05, 4.69) is 0 Å². The lowest BCUT2D eigenvalue weighted by atomic mass is 9.84. The number of aromatic hydroxyl groups is 1. The summed E-state index contributed by atoms with van der Waals surface area (Å²) in [6, 6.07) is 4.59. The number of ether oxygens (including phenoxy) is 1. The van der Waals surface area contributed by atoms with E-state index in [-0.39, 0.29) is 5.75 Å². The molecule has 1 rings (SSSR count). The first kappa shape index (κ1) is 11.4. The molecule has 0 aliphatic carbocycles. The second kappa shape index (κ2) is 3.81. The zero-order valence-corrected chi connectivity index (χ0v) is 8.94. The molecular weight excluding hydrogens is 196 g/mol. The van der Waals surface area contributed by atoms with Crippen LogP contribution in [0, 0.1) is 0 Å². The Morgan fingerprint density at radius 3 is 2.40 bits per heavy atom. The minimum atomic E-state index is -1.11. The molecule has 0 radical (unpaired) electrons. The average molecular weight is 210 g/mol. The van der Waals surface area contributed by atoms with Gasteiger partial charge in [-0.05, 0) is 19.9 Å². The van der Waals surface area contributed by atoms with E-state index < -0.39 is 11.4 Å². The molecule has 82 valence electrons. The summed E-state index contributed by atoms with van der Waals surface area (Å²) in [5, 5.41) is 18.7. The van der Waals surface area contributed by atoms with Crippen LogP contribution in [0.3, 0.4) is 0 Å². The molecule has 4 nitrogen and oxygen atoms in total. The molecule has 0 bridgehead atoms. The summed E-state index contributed by atoms with van der Waals surface area (Å²) in [5.41, 5.74) is -0.744. The van der Waals surface area contributed by atoms with Crippen molar-refractivity contribution in [2.24, 2.45) is 0 Å². The molecule has 0 atom stereocenters. The van der Waals surface area contributed by atoms with Crippen molar-refractivity contribution in [2.45, 2.75) is 19.3 Å². The van der Waals surface area contributed by atoms with E-state index >= 15 is 0 Å². The van der Waals surface area contributed by atoms with E-state index in [1.165, 1.54) is 27.0 Å². The predicted molar refractivity (Wildman–Crippen MR) is 55.3 cm³/mol. The molecule has 4 heteroatoms. The molecule has 15 heavy (non-hydrogen) atoms. The number of rotatable bonds is 3. The highest BCUT2D eigenvalue weighted by atomic mass is 16.5. The first-order chi connectivity index (χ1) is 6.89. The lowest BCUT2D eigenvalue weighted by molar-refractivity contribution is -0.142. The molecule has 0 aliphatic heterocycles. The van der Waals surface area contributed by atoms with Gasteiger partial charge >= 0.3 is 5.97 Å². The van der Waals surface area contributed by atoms with E-state index in [1.54, 1.807) is 12.1 Å². The summed E-state index contributed by atoms with van der Waals surface area (Å²) < 4.78 is 4.92. The van der Waals surface area contributed by atoms with Crippen LogP contribution in [0.15, 0.2) is 18.2 Å². The number of benzene rings is 1. The van der Waals surface area contributed by atoms with Crippen LogP contribution in [0.5, 0.6) is 11.5 Å². The molecule has 1 aromatic rings. The van der Waals surface area contributed by atoms with Gasteiger partial charge in [-0.3, -0.25) is 4.79 Å². The van der Waals surface area contributed by atoms with Crippen molar-refractivity contribution in [3.05, 3.63) is 23.8 Å².